The number of aliphatic hydroxyl groups is 1. The fourth-order valence-corrected chi connectivity index (χ4v) is 9.55. The molecule has 1 N–H and O–H groups in total. The second kappa shape index (κ2) is 6.67. The van der Waals surface area contributed by atoms with E-state index in [2.05, 4.69) is 33.8 Å². The van der Waals surface area contributed by atoms with E-state index in [0.717, 1.165) is 45.1 Å². The molecular formula is C27H40O4. The lowest BCUT2D eigenvalue weighted by atomic mass is 9.46. The van der Waals surface area contributed by atoms with E-state index >= 15 is 0 Å². The Labute approximate surface area is 187 Å². The summed E-state index contributed by atoms with van der Waals surface area (Å²) in [6, 6.07) is 0. The first kappa shape index (κ1) is 20.9. The molecule has 2 saturated heterocycles. The van der Waals surface area contributed by atoms with Crippen LogP contribution in [0.4, 0.5) is 0 Å². The lowest BCUT2D eigenvalue weighted by Crippen LogP contribution is -2.56. The lowest BCUT2D eigenvalue weighted by molar-refractivity contribution is -0.272. The standard InChI is InChI=1S/C27H40O4/c1-15-7-10-27(30-14-15)16(2)23-22(31-27)12-20-19-6-5-17-11-18(28)8-9-25(17,3)24(19)21(29)13-26(20,23)4/h11,15-16,18-20,22-24,28H,5-10,12-14H2,1-4H3/t15-,16+,18+,19+,20+,22-,23+,24-,25+,26+,27-/m1/s1. The zero-order valence-electron chi connectivity index (χ0n) is 19.7. The molecule has 172 valence electrons. The van der Waals surface area contributed by atoms with Crippen LogP contribution >= 0.6 is 0 Å². The van der Waals surface area contributed by atoms with Crippen LogP contribution in [0.25, 0.3) is 0 Å². The fraction of sp³-hybridized carbons (Fsp3) is 0.889. The third-order valence-electron chi connectivity index (χ3n) is 11.0. The van der Waals surface area contributed by atoms with Crippen LogP contribution < -0.4 is 0 Å². The van der Waals surface area contributed by atoms with Gasteiger partial charge in [-0.3, -0.25) is 4.79 Å². The van der Waals surface area contributed by atoms with E-state index in [-0.39, 0.29) is 29.0 Å². The van der Waals surface area contributed by atoms with Gasteiger partial charge in [-0.2, -0.15) is 0 Å². The molecular weight excluding hydrogens is 388 g/mol. The number of hydrogen-bond donors (Lipinski definition) is 1. The molecule has 3 saturated carbocycles. The van der Waals surface area contributed by atoms with Crippen molar-refractivity contribution in [1.29, 1.82) is 0 Å². The number of hydrogen-bond acceptors (Lipinski definition) is 4. The van der Waals surface area contributed by atoms with Gasteiger partial charge in [-0.25, -0.2) is 0 Å². The fourth-order valence-electron chi connectivity index (χ4n) is 9.55. The molecule has 6 rings (SSSR count). The van der Waals surface area contributed by atoms with Gasteiger partial charge < -0.3 is 14.6 Å². The van der Waals surface area contributed by atoms with E-state index in [1.807, 2.05) is 0 Å². The third-order valence-corrected chi connectivity index (χ3v) is 11.0. The Bertz CT molecular complexity index is 810. The minimum Gasteiger partial charge on any atom is -0.389 e. The summed E-state index contributed by atoms with van der Waals surface area (Å²) >= 11 is 0. The monoisotopic (exact) mass is 428 g/mol. The highest BCUT2D eigenvalue weighted by Crippen LogP contribution is 2.70. The van der Waals surface area contributed by atoms with Gasteiger partial charge in [0.25, 0.3) is 0 Å². The molecule has 11 atom stereocenters. The van der Waals surface area contributed by atoms with E-state index in [1.165, 1.54) is 12.0 Å². The molecule has 0 radical (unpaired) electrons. The predicted molar refractivity (Wildman–Crippen MR) is 118 cm³/mol. The molecule has 2 aliphatic heterocycles. The van der Waals surface area contributed by atoms with Gasteiger partial charge in [0.1, 0.15) is 5.78 Å². The molecule has 4 nitrogen and oxygen atoms in total. The summed E-state index contributed by atoms with van der Waals surface area (Å²) in [5.41, 5.74) is 1.34. The van der Waals surface area contributed by atoms with Crippen molar-refractivity contribution in [3.63, 3.8) is 0 Å². The molecule has 2 heterocycles. The van der Waals surface area contributed by atoms with Crippen molar-refractivity contribution in [3.05, 3.63) is 11.6 Å². The van der Waals surface area contributed by atoms with Crippen LogP contribution in [0, 0.1) is 46.3 Å². The van der Waals surface area contributed by atoms with Crippen LogP contribution in [0.1, 0.15) is 79.1 Å². The quantitative estimate of drug-likeness (QED) is 0.558. The Balaban J connectivity index is 1.32. The number of allylic oxidation sites excluding steroid dienone is 1. The van der Waals surface area contributed by atoms with Crippen LogP contribution in [-0.2, 0) is 14.3 Å². The Morgan fingerprint density at radius 2 is 1.94 bits per heavy atom. The van der Waals surface area contributed by atoms with Crippen LogP contribution in [0.5, 0.6) is 0 Å². The molecule has 0 unspecified atom stereocenters. The van der Waals surface area contributed by atoms with E-state index in [9.17, 15) is 9.90 Å². The molecule has 1 spiro atoms. The number of fused-ring (bicyclic) bond motifs is 7. The van der Waals surface area contributed by atoms with Crippen molar-refractivity contribution in [3.8, 4) is 0 Å². The number of carbonyl (C=O) groups excluding carboxylic acids is 1. The topological polar surface area (TPSA) is 55.8 Å². The summed E-state index contributed by atoms with van der Waals surface area (Å²) in [6.07, 6.45) is 9.85. The third kappa shape index (κ3) is 2.68. The smallest absolute Gasteiger partial charge is 0.171 e. The number of Topliss-reactive ketones (excluding diaryl/α,β-unsaturated/α-hetero) is 1. The van der Waals surface area contributed by atoms with Crippen molar-refractivity contribution in [2.45, 2.75) is 97.1 Å². The molecule has 5 fully saturated rings. The van der Waals surface area contributed by atoms with Gasteiger partial charge in [-0.1, -0.05) is 39.3 Å². The number of aliphatic hydroxyl groups excluding tert-OH is 1. The number of carbonyl (C=O) groups is 1. The first-order chi connectivity index (χ1) is 14.7. The maximum absolute atomic E-state index is 13.9. The molecule has 0 bridgehead atoms. The summed E-state index contributed by atoms with van der Waals surface area (Å²) in [6.45, 7) is 10.1. The van der Waals surface area contributed by atoms with Crippen LogP contribution in [0.2, 0.25) is 0 Å². The zero-order valence-corrected chi connectivity index (χ0v) is 19.7. The SMILES string of the molecule is C[C@@H]1CC[C@@]2(OC1)O[C@@H]1C[C@H]3[C@@H]4CCC5=C[C@@H](O)CC[C@]5(C)[C@H]4C(=O)C[C@]3(C)[C@H]1[C@@H]2C. The van der Waals surface area contributed by atoms with Crippen molar-refractivity contribution >= 4 is 5.78 Å². The molecule has 4 aliphatic carbocycles. The number of ether oxygens (including phenoxy) is 2. The normalized spacial score (nSPS) is 58.4. The average molecular weight is 429 g/mol. The van der Waals surface area contributed by atoms with Gasteiger partial charge in [0.05, 0.1) is 18.8 Å². The molecule has 6 aliphatic rings. The van der Waals surface area contributed by atoms with Crippen molar-refractivity contribution < 1.29 is 19.4 Å². The molecule has 0 aromatic rings. The molecule has 0 aromatic heterocycles. The van der Waals surface area contributed by atoms with E-state index < -0.39 is 5.79 Å². The maximum Gasteiger partial charge on any atom is 0.171 e. The Hall–Kier alpha value is -0.710. The second-order valence-electron chi connectivity index (χ2n) is 12.6. The van der Waals surface area contributed by atoms with Crippen LogP contribution in [0.15, 0.2) is 11.6 Å². The summed E-state index contributed by atoms with van der Waals surface area (Å²) in [4.78, 5) is 13.9. The summed E-state index contributed by atoms with van der Waals surface area (Å²) in [5, 5.41) is 10.2. The first-order valence-electron chi connectivity index (χ1n) is 12.9. The van der Waals surface area contributed by atoms with Gasteiger partial charge in [0.15, 0.2) is 5.79 Å². The van der Waals surface area contributed by atoms with E-state index in [1.54, 1.807) is 0 Å². The summed E-state index contributed by atoms with van der Waals surface area (Å²) in [5.74, 6) is 2.63. The van der Waals surface area contributed by atoms with E-state index in [0.29, 0.717) is 41.8 Å². The Morgan fingerprint density at radius 1 is 1.13 bits per heavy atom. The number of rotatable bonds is 0. The molecule has 31 heavy (non-hydrogen) atoms. The number of ketones is 1. The highest BCUT2D eigenvalue weighted by atomic mass is 16.7. The van der Waals surface area contributed by atoms with E-state index in [4.69, 9.17) is 9.47 Å². The second-order valence-corrected chi connectivity index (χ2v) is 12.6. The zero-order chi connectivity index (χ0) is 21.8. The summed E-state index contributed by atoms with van der Waals surface area (Å²) < 4.78 is 13.2. The van der Waals surface area contributed by atoms with Gasteiger partial charge in [0, 0.05) is 24.7 Å². The highest BCUT2D eigenvalue weighted by Gasteiger charge is 2.70. The van der Waals surface area contributed by atoms with Crippen molar-refractivity contribution in [2.24, 2.45) is 46.3 Å². The van der Waals surface area contributed by atoms with Gasteiger partial charge >= 0.3 is 0 Å². The highest BCUT2D eigenvalue weighted by molar-refractivity contribution is 5.85. The largest absolute Gasteiger partial charge is 0.389 e. The Morgan fingerprint density at radius 3 is 2.68 bits per heavy atom. The van der Waals surface area contributed by atoms with Crippen LogP contribution in [0.3, 0.4) is 0 Å². The Kier molecular flexibility index (Phi) is 4.49. The molecule has 0 amide bonds. The predicted octanol–water partition coefficient (Wildman–Crippen LogP) is 4.89. The van der Waals surface area contributed by atoms with Crippen molar-refractivity contribution in [2.75, 3.05) is 6.61 Å². The van der Waals surface area contributed by atoms with Gasteiger partial charge in [-0.05, 0) is 73.0 Å². The van der Waals surface area contributed by atoms with Gasteiger partial charge in [0.2, 0.25) is 0 Å². The lowest BCUT2D eigenvalue weighted by Gasteiger charge is -2.58. The minimum atomic E-state index is -0.413. The maximum atomic E-state index is 13.9. The molecule has 0 aromatic carbocycles. The van der Waals surface area contributed by atoms with Gasteiger partial charge in [-0.15, -0.1) is 0 Å². The summed E-state index contributed by atoms with van der Waals surface area (Å²) in [7, 11) is 0. The van der Waals surface area contributed by atoms with Crippen molar-refractivity contribution in [1.82, 2.24) is 0 Å². The van der Waals surface area contributed by atoms with Crippen LogP contribution in [-0.4, -0.2) is 35.5 Å². The average Bonchev–Trinajstić information content (AvgIpc) is 3.15. The molecule has 4 heteroatoms. The first-order valence-corrected chi connectivity index (χ1v) is 12.9. The minimum absolute atomic E-state index is 0.0318.